The van der Waals surface area contributed by atoms with E-state index >= 15 is 0 Å². The molecule has 0 fully saturated rings. The summed E-state index contributed by atoms with van der Waals surface area (Å²) >= 11 is 0. The number of carbonyl (C=O) groups is 2. The molecular formula is C13H20N4O2. The zero-order chi connectivity index (χ0) is 14.4. The van der Waals surface area contributed by atoms with Gasteiger partial charge in [-0.05, 0) is 44.5 Å². The molecule has 0 heterocycles. The van der Waals surface area contributed by atoms with E-state index in [9.17, 15) is 9.59 Å². The third-order valence-corrected chi connectivity index (χ3v) is 2.50. The van der Waals surface area contributed by atoms with Crippen molar-refractivity contribution in [3.63, 3.8) is 0 Å². The summed E-state index contributed by atoms with van der Waals surface area (Å²) in [6.45, 7) is 5.54. The number of hydrogen-bond donors (Lipinski definition) is 4. The van der Waals surface area contributed by atoms with E-state index in [1.165, 1.54) is 0 Å². The monoisotopic (exact) mass is 264 g/mol. The zero-order valence-electron chi connectivity index (χ0n) is 11.4. The van der Waals surface area contributed by atoms with Gasteiger partial charge in [0.25, 0.3) is 5.91 Å². The van der Waals surface area contributed by atoms with Crippen molar-refractivity contribution in [2.24, 2.45) is 5.84 Å². The van der Waals surface area contributed by atoms with Crippen LogP contribution in [0.25, 0.3) is 0 Å². The van der Waals surface area contributed by atoms with Crippen LogP contribution in [0.5, 0.6) is 0 Å². The quantitative estimate of drug-likeness (QED) is 0.461. The number of aryl methyl sites for hydroxylation is 1. The topological polar surface area (TPSA) is 96.2 Å². The molecule has 0 bridgehead atoms. The molecule has 104 valence electrons. The van der Waals surface area contributed by atoms with Gasteiger partial charge in [-0.25, -0.2) is 0 Å². The normalized spacial score (nSPS) is 10.2. The molecule has 0 spiro atoms. The number of hydrazine groups is 1. The first kappa shape index (κ1) is 15.0. The minimum Gasteiger partial charge on any atom is -0.352 e. The van der Waals surface area contributed by atoms with Gasteiger partial charge >= 0.3 is 0 Å². The third kappa shape index (κ3) is 4.59. The second kappa shape index (κ2) is 6.75. The molecule has 0 saturated carbocycles. The summed E-state index contributed by atoms with van der Waals surface area (Å²) in [5.74, 6) is 4.82. The number of nitrogens with one attached hydrogen (secondary N) is 3. The summed E-state index contributed by atoms with van der Waals surface area (Å²) in [7, 11) is 0. The van der Waals surface area contributed by atoms with Gasteiger partial charge in [-0.1, -0.05) is 0 Å². The second-order valence-electron chi connectivity index (χ2n) is 4.58. The Kier molecular flexibility index (Phi) is 5.32. The van der Waals surface area contributed by atoms with Crippen LogP contribution in [-0.4, -0.2) is 24.4 Å². The first-order chi connectivity index (χ1) is 8.93. The van der Waals surface area contributed by atoms with Gasteiger partial charge in [0.05, 0.1) is 12.2 Å². The molecular weight excluding hydrogens is 244 g/mol. The van der Waals surface area contributed by atoms with Crippen molar-refractivity contribution in [3.05, 3.63) is 29.3 Å². The van der Waals surface area contributed by atoms with E-state index in [0.717, 1.165) is 11.3 Å². The molecule has 0 unspecified atom stereocenters. The summed E-state index contributed by atoms with van der Waals surface area (Å²) in [5, 5.41) is 5.27. The maximum absolute atomic E-state index is 11.8. The lowest BCUT2D eigenvalue weighted by molar-refractivity contribution is -0.120. The maximum atomic E-state index is 11.8. The van der Waals surface area contributed by atoms with Crippen LogP contribution in [0.4, 0.5) is 5.69 Å². The summed E-state index contributed by atoms with van der Waals surface area (Å²) < 4.78 is 0. The smallest absolute Gasteiger partial charge is 0.251 e. The Morgan fingerprint density at radius 1 is 1.32 bits per heavy atom. The average molecular weight is 264 g/mol. The summed E-state index contributed by atoms with van der Waals surface area (Å²) in [5.41, 5.74) is 4.65. The van der Waals surface area contributed by atoms with Gasteiger partial charge in [0, 0.05) is 11.6 Å². The van der Waals surface area contributed by atoms with Crippen molar-refractivity contribution in [1.82, 2.24) is 10.6 Å². The van der Waals surface area contributed by atoms with Crippen molar-refractivity contribution < 1.29 is 9.59 Å². The largest absolute Gasteiger partial charge is 0.352 e. The first-order valence-corrected chi connectivity index (χ1v) is 6.09. The number of amides is 2. The van der Waals surface area contributed by atoms with Crippen LogP contribution in [-0.2, 0) is 4.79 Å². The molecule has 0 aliphatic rings. The predicted octanol–water partition coefficient (Wildman–Crippen LogP) is 0.535. The van der Waals surface area contributed by atoms with E-state index < -0.39 is 0 Å². The maximum Gasteiger partial charge on any atom is 0.251 e. The Bertz CT molecular complexity index is 472. The highest BCUT2D eigenvalue weighted by molar-refractivity contribution is 5.97. The van der Waals surface area contributed by atoms with Gasteiger partial charge in [0.1, 0.15) is 0 Å². The van der Waals surface area contributed by atoms with Crippen LogP contribution in [0.1, 0.15) is 29.8 Å². The molecule has 0 saturated heterocycles. The Morgan fingerprint density at radius 3 is 2.53 bits per heavy atom. The lowest BCUT2D eigenvalue weighted by Crippen LogP contribution is -2.39. The molecule has 2 amide bonds. The molecule has 1 aromatic rings. The second-order valence-corrected chi connectivity index (χ2v) is 4.58. The highest BCUT2D eigenvalue weighted by atomic mass is 16.2. The number of hydrogen-bond acceptors (Lipinski definition) is 4. The Morgan fingerprint density at radius 2 is 2.00 bits per heavy atom. The minimum atomic E-state index is -0.287. The molecule has 0 aliphatic carbocycles. The van der Waals surface area contributed by atoms with Gasteiger partial charge < -0.3 is 16.1 Å². The van der Waals surface area contributed by atoms with E-state index in [4.69, 9.17) is 5.84 Å². The van der Waals surface area contributed by atoms with Gasteiger partial charge in [-0.2, -0.15) is 0 Å². The molecule has 1 rings (SSSR count). The van der Waals surface area contributed by atoms with Crippen LogP contribution in [0.15, 0.2) is 18.2 Å². The Hall–Kier alpha value is -2.08. The van der Waals surface area contributed by atoms with Crippen molar-refractivity contribution in [2.75, 3.05) is 12.0 Å². The Labute approximate surface area is 112 Å². The molecule has 0 aromatic heterocycles. The molecule has 6 heteroatoms. The van der Waals surface area contributed by atoms with Crippen LogP contribution in [0.3, 0.4) is 0 Å². The fraction of sp³-hybridized carbons (Fsp3) is 0.385. The summed E-state index contributed by atoms with van der Waals surface area (Å²) in [6, 6.07) is 5.14. The zero-order valence-corrected chi connectivity index (χ0v) is 11.4. The van der Waals surface area contributed by atoms with E-state index in [2.05, 4.69) is 16.1 Å². The minimum absolute atomic E-state index is 0.0348. The van der Waals surface area contributed by atoms with E-state index in [0.29, 0.717) is 5.56 Å². The van der Waals surface area contributed by atoms with Crippen molar-refractivity contribution in [1.29, 1.82) is 0 Å². The standard InChI is InChI=1S/C13H20N4O2/c1-8(2)16-12(18)7-15-13(19)10-4-5-11(17-14)9(3)6-10/h4-6,8,17H,7,14H2,1-3H3,(H,15,19)(H,16,18). The fourth-order valence-corrected chi connectivity index (χ4v) is 1.60. The number of nitrogens with two attached hydrogens (primary N) is 1. The van der Waals surface area contributed by atoms with Crippen molar-refractivity contribution in [2.45, 2.75) is 26.8 Å². The predicted molar refractivity (Wildman–Crippen MR) is 74.6 cm³/mol. The molecule has 1 aromatic carbocycles. The number of benzene rings is 1. The lowest BCUT2D eigenvalue weighted by atomic mass is 10.1. The van der Waals surface area contributed by atoms with Gasteiger partial charge in [0.15, 0.2) is 0 Å². The number of anilines is 1. The van der Waals surface area contributed by atoms with Crippen molar-refractivity contribution >= 4 is 17.5 Å². The fourth-order valence-electron chi connectivity index (χ4n) is 1.60. The van der Waals surface area contributed by atoms with Crippen molar-refractivity contribution in [3.8, 4) is 0 Å². The molecule has 19 heavy (non-hydrogen) atoms. The first-order valence-electron chi connectivity index (χ1n) is 6.09. The van der Waals surface area contributed by atoms with Gasteiger partial charge in [0.2, 0.25) is 5.91 Å². The molecule has 0 aliphatic heterocycles. The van der Waals surface area contributed by atoms with E-state index in [1.807, 2.05) is 20.8 Å². The third-order valence-electron chi connectivity index (χ3n) is 2.50. The Balaban J connectivity index is 2.59. The van der Waals surface area contributed by atoms with E-state index in [-0.39, 0.29) is 24.4 Å². The SMILES string of the molecule is Cc1cc(C(=O)NCC(=O)NC(C)C)ccc1NN. The molecule has 0 atom stereocenters. The van der Waals surface area contributed by atoms with E-state index in [1.54, 1.807) is 18.2 Å². The highest BCUT2D eigenvalue weighted by Crippen LogP contribution is 2.14. The van der Waals surface area contributed by atoms with Crippen LogP contribution >= 0.6 is 0 Å². The highest BCUT2D eigenvalue weighted by Gasteiger charge is 2.09. The molecule has 5 N–H and O–H groups in total. The number of rotatable bonds is 5. The van der Waals surface area contributed by atoms with Gasteiger partial charge in [-0.3, -0.25) is 15.4 Å². The number of carbonyl (C=O) groups excluding carboxylic acids is 2. The average Bonchev–Trinajstić information content (AvgIpc) is 2.35. The van der Waals surface area contributed by atoms with Crippen LogP contribution < -0.4 is 21.9 Å². The summed E-state index contributed by atoms with van der Waals surface area (Å²) in [6.07, 6.45) is 0. The van der Waals surface area contributed by atoms with Crippen LogP contribution in [0.2, 0.25) is 0 Å². The van der Waals surface area contributed by atoms with Gasteiger partial charge in [-0.15, -0.1) is 0 Å². The summed E-state index contributed by atoms with van der Waals surface area (Å²) in [4.78, 5) is 23.2. The molecule has 6 nitrogen and oxygen atoms in total. The number of nitrogen functional groups attached to an aromatic ring is 1. The van der Waals surface area contributed by atoms with Crippen LogP contribution in [0, 0.1) is 6.92 Å². The lowest BCUT2D eigenvalue weighted by Gasteiger charge is -2.10. The molecule has 0 radical (unpaired) electrons.